The van der Waals surface area contributed by atoms with Crippen LogP contribution < -0.4 is 20.8 Å². The molecule has 2 aromatic carbocycles. The molecule has 112 valence electrons. The van der Waals surface area contributed by atoms with Crippen LogP contribution in [0, 0.1) is 0 Å². The Morgan fingerprint density at radius 2 is 1.36 bits per heavy atom. The van der Waals surface area contributed by atoms with E-state index in [-0.39, 0.29) is 6.61 Å². The Hall–Kier alpha value is -3.02. The van der Waals surface area contributed by atoms with Gasteiger partial charge >= 0.3 is 11.1 Å². The second-order valence-electron chi connectivity index (χ2n) is 4.63. The lowest BCUT2D eigenvalue weighted by Crippen LogP contribution is -2.45. The molecule has 0 atom stereocenters. The van der Waals surface area contributed by atoms with Crippen molar-refractivity contribution in [1.82, 2.24) is 9.46 Å². The van der Waals surface area contributed by atoms with Crippen LogP contribution in [0.15, 0.2) is 64.2 Å². The minimum atomic E-state index is -0.797. The molecule has 3 rings (SSSR count). The van der Waals surface area contributed by atoms with E-state index in [1.54, 1.807) is 24.3 Å². The Labute approximate surface area is 125 Å². The smallest absolute Gasteiger partial charge is 0.352 e. The average molecular weight is 298 g/mol. The highest BCUT2D eigenvalue weighted by Crippen LogP contribution is 2.09. The molecule has 1 aromatic heterocycles. The van der Waals surface area contributed by atoms with Crippen molar-refractivity contribution < 1.29 is 9.68 Å². The van der Waals surface area contributed by atoms with Crippen molar-refractivity contribution in [1.29, 1.82) is 0 Å². The number of para-hydroxylation sites is 2. The standard InChI is InChI=1S/C16H14N2O4/c1-21-17-13-9-5-6-10-14(13)18(16(20)15(17)19)22-11-12-7-3-2-4-8-12/h2-10H,11H2,1H3. The molecule has 0 fully saturated rings. The Morgan fingerprint density at radius 3 is 2.00 bits per heavy atom. The Bertz CT molecular complexity index is 913. The van der Waals surface area contributed by atoms with Crippen LogP contribution in [-0.2, 0) is 6.61 Å². The zero-order chi connectivity index (χ0) is 15.5. The van der Waals surface area contributed by atoms with E-state index >= 15 is 0 Å². The lowest BCUT2D eigenvalue weighted by molar-refractivity contribution is 0.0912. The Morgan fingerprint density at radius 1 is 0.818 bits per heavy atom. The maximum Gasteiger partial charge on any atom is 0.352 e. The molecular formula is C16H14N2O4. The number of hydrogen-bond donors (Lipinski definition) is 0. The van der Waals surface area contributed by atoms with Crippen LogP contribution >= 0.6 is 0 Å². The van der Waals surface area contributed by atoms with Gasteiger partial charge in [0.05, 0.1) is 0 Å². The summed E-state index contributed by atoms with van der Waals surface area (Å²) in [6.45, 7) is 0.182. The van der Waals surface area contributed by atoms with Gasteiger partial charge in [-0.05, 0) is 17.7 Å². The van der Waals surface area contributed by atoms with Crippen molar-refractivity contribution in [2.45, 2.75) is 6.61 Å². The number of aromatic nitrogens is 2. The van der Waals surface area contributed by atoms with E-state index in [2.05, 4.69) is 0 Å². The van der Waals surface area contributed by atoms with E-state index in [4.69, 9.17) is 9.68 Å². The van der Waals surface area contributed by atoms with Crippen molar-refractivity contribution in [2.24, 2.45) is 0 Å². The predicted molar refractivity (Wildman–Crippen MR) is 81.7 cm³/mol. The normalized spacial score (nSPS) is 10.6. The lowest BCUT2D eigenvalue weighted by atomic mass is 10.2. The van der Waals surface area contributed by atoms with E-state index in [0.717, 1.165) is 15.0 Å². The van der Waals surface area contributed by atoms with E-state index in [1.165, 1.54) is 7.11 Å². The SMILES string of the molecule is COn1c(=O)c(=O)n(OCc2ccccc2)c2ccccc21. The number of benzene rings is 2. The van der Waals surface area contributed by atoms with Gasteiger partial charge in [0.2, 0.25) is 0 Å². The number of fused-ring (bicyclic) bond motifs is 1. The number of rotatable bonds is 4. The fourth-order valence-electron chi connectivity index (χ4n) is 2.22. The highest BCUT2D eigenvalue weighted by atomic mass is 16.7. The van der Waals surface area contributed by atoms with Crippen molar-refractivity contribution >= 4 is 11.0 Å². The maximum atomic E-state index is 12.2. The van der Waals surface area contributed by atoms with Gasteiger partial charge in [0.1, 0.15) is 24.8 Å². The van der Waals surface area contributed by atoms with Gasteiger partial charge in [-0.2, -0.15) is 0 Å². The summed E-state index contributed by atoms with van der Waals surface area (Å²) in [7, 11) is 1.34. The summed E-state index contributed by atoms with van der Waals surface area (Å²) in [5.74, 6) is 0. The first-order chi connectivity index (χ1) is 10.7. The summed E-state index contributed by atoms with van der Waals surface area (Å²) < 4.78 is 1.97. The van der Waals surface area contributed by atoms with E-state index < -0.39 is 11.1 Å². The van der Waals surface area contributed by atoms with Crippen molar-refractivity contribution in [3.63, 3.8) is 0 Å². The van der Waals surface area contributed by atoms with Crippen molar-refractivity contribution in [2.75, 3.05) is 7.11 Å². The van der Waals surface area contributed by atoms with Crippen LogP contribution in [0.2, 0.25) is 0 Å². The number of nitrogens with zero attached hydrogens (tertiary/aromatic N) is 2. The minimum absolute atomic E-state index is 0.182. The molecule has 6 heteroatoms. The van der Waals surface area contributed by atoms with Gasteiger partial charge in [-0.15, -0.1) is 9.46 Å². The van der Waals surface area contributed by atoms with Crippen molar-refractivity contribution in [3.05, 3.63) is 80.9 Å². The third-order valence-electron chi connectivity index (χ3n) is 3.26. The molecule has 0 N–H and O–H groups in total. The first-order valence-electron chi connectivity index (χ1n) is 6.71. The monoisotopic (exact) mass is 298 g/mol. The molecule has 3 aromatic rings. The van der Waals surface area contributed by atoms with Gasteiger partial charge in [0, 0.05) is 0 Å². The zero-order valence-electron chi connectivity index (χ0n) is 11.9. The van der Waals surface area contributed by atoms with Gasteiger partial charge in [0.15, 0.2) is 0 Å². The third-order valence-corrected chi connectivity index (χ3v) is 3.26. The molecule has 0 bridgehead atoms. The average Bonchev–Trinajstić information content (AvgIpc) is 2.57. The zero-order valence-corrected chi connectivity index (χ0v) is 11.9. The second-order valence-corrected chi connectivity index (χ2v) is 4.63. The molecule has 0 aliphatic rings. The first kappa shape index (κ1) is 13.9. The summed E-state index contributed by atoms with van der Waals surface area (Å²) in [5, 5.41) is 0. The molecule has 0 saturated heterocycles. The molecule has 0 spiro atoms. The lowest BCUT2D eigenvalue weighted by Gasteiger charge is -2.14. The van der Waals surface area contributed by atoms with Crippen LogP contribution in [0.4, 0.5) is 0 Å². The van der Waals surface area contributed by atoms with Gasteiger partial charge < -0.3 is 9.68 Å². The van der Waals surface area contributed by atoms with Crippen LogP contribution in [-0.4, -0.2) is 16.6 Å². The quantitative estimate of drug-likeness (QED) is 0.670. The molecule has 1 heterocycles. The Balaban J connectivity index is 2.11. The number of hydrogen-bond acceptors (Lipinski definition) is 4. The van der Waals surface area contributed by atoms with Crippen LogP contribution in [0.1, 0.15) is 5.56 Å². The topological polar surface area (TPSA) is 62.5 Å². The predicted octanol–water partition coefficient (Wildman–Crippen LogP) is 0.850. The first-order valence-corrected chi connectivity index (χ1v) is 6.71. The summed E-state index contributed by atoms with van der Waals surface area (Å²) in [6, 6.07) is 16.3. The molecule has 0 saturated carbocycles. The Kier molecular flexibility index (Phi) is 3.65. The minimum Gasteiger partial charge on any atom is -0.413 e. The molecule has 0 unspecified atom stereocenters. The van der Waals surface area contributed by atoms with E-state index in [0.29, 0.717) is 11.0 Å². The molecule has 0 radical (unpaired) electrons. The molecule has 22 heavy (non-hydrogen) atoms. The maximum absolute atomic E-state index is 12.2. The molecule has 0 amide bonds. The van der Waals surface area contributed by atoms with E-state index in [9.17, 15) is 9.59 Å². The molecular weight excluding hydrogens is 284 g/mol. The van der Waals surface area contributed by atoms with Gasteiger partial charge in [-0.3, -0.25) is 9.59 Å². The summed E-state index contributed by atoms with van der Waals surface area (Å²) in [4.78, 5) is 34.8. The van der Waals surface area contributed by atoms with Crippen LogP contribution in [0.3, 0.4) is 0 Å². The highest BCUT2D eigenvalue weighted by molar-refractivity contribution is 5.74. The fraction of sp³-hybridized carbons (Fsp3) is 0.125. The molecule has 6 nitrogen and oxygen atoms in total. The van der Waals surface area contributed by atoms with Crippen LogP contribution in [0.25, 0.3) is 11.0 Å². The summed E-state index contributed by atoms with van der Waals surface area (Å²) in [6.07, 6.45) is 0. The van der Waals surface area contributed by atoms with Crippen molar-refractivity contribution in [3.8, 4) is 0 Å². The van der Waals surface area contributed by atoms with Gasteiger partial charge in [-0.1, -0.05) is 42.5 Å². The molecule has 0 aliphatic carbocycles. The third kappa shape index (κ3) is 2.35. The van der Waals surface area contributed by atoms with Gasteiger partial charge in [0.25, 0.3) is 0 Å². The summed E-state index contributed by atoms with van der Waals surface area (Å²) >= 11 is 0. The van der Waals surface area contributed by atoms with E-state index in [1.807, 2.05) is 30.3 Å². The summed E-state index contributed by atoms with van der Waals surface area (Å²) in [5.41, 5.74) is 0.229. The molecule has 0 aliphatic heterocycles. The second kappa shape index (κ2) is 5.77. The largest absolute Gasteiger partial charge is 0.413 e. The highest BCUT2D eigenvalue weighted by Gasteiger charge is 2.14. The van der Waals surface area contributed by atoms with Crippen LogP contribution in [0.5, 0.6) is 0 Å². The fourth-order valence-corrected chi connectivity index (χ4v) is 2.22. The van der Waals surface area contributed by atoms with Gasteiger partial charge in [-0.25, -0.2) is 0 Å².